The van der Waals surface area contributed by atoms with Crippen molar-refractivity contribution in [2.75, 3.05) is 4.90 Å². The maximum Gasteiger partial charge on any atom is 0.102 e. The topological polar surface area (TPSA) is 15.6 Å². The van der Waals surface area contributed by atoms with E-state index in [1.807, 2.05) is 0 Å². The highest BCUT2D eigenvalue weighted by Crippen LogP contribution is 2.45. The van der Waals surface area contributed by atoms with Crippen LogP contribution in [-0.4, -0.2) is 16.9 Å². The first kappa shape index (κ1) is 24.6. The summed E-state index contributed by atoms with van der Waals surface area (Å²) >= 11 is 0. The van der Waals surface area contributed by atoms with Crippen LogP contribution in [0.3, 0.4) is 0 Å². The molecule has 0 aliphatic carbocycles. The van der Waals surface area contributed by atoms with Gasteiger partial charge in [0.15, 0.2) is 0 Å². The second-order valence-electron chi connectivity index (χ2n) is 12.1. The Labute approximate surface area is 236 Å². The summed E-state index contributed by atoms with van der Waals surface area (Å²) in [4.78, 5) is 7.38. The van der Waals surface area contributed by atoms with Crippen molar-refractivity contribution in [2.45, 2.75) is 45.7 Å². The van der Waals surface area contributed by atoms with E-state index in [4.69, 9.17) is 4.99 Å². The zero-order valence-electron chi connectivity index (χ0n) is 23.9. The normalized spacial score (nSPS) is 16.1. The highest BCUT2D eigenvalue weighted by molar-refractivity contribution is 6.21. The van der Waals surface area contributed by atoms with E-state index in [1.165, 1.54) is 60.3 Å². The van der Waals surface area contributed by atoms with Crippen LogP contribution in [0.2, 0.25) is 0 Å². The van der Waals surface area contributed by atoms with Gasteiger partial charge in [-0.05, 0) is 107 Å². The van der Waals surface area contributed by atoms with E-state index in [1.54, 1.807) is 0 Å². The molecular formula is C38H34N2. The van der Waals surface area contributed by atoms with Crippen molar-refractivity contribution in [3.8, 4) is 22.3 Å². The average Bonchev–Trinajstić information content (AvgIpc) is 3.12. The van der Waals surface area contributed by atoms with Crippen molar-refractivity contribution in [3.05, 3.63) is 115 Å². The maximum atomic E-state index is 4.99. The van der Waals surface area contributed by atoms with Crippen LogP contribution in [0.5, 0.6) is 0 Å². The Morgan fingerprint density at radius 2 is 1.00 bits per heavy atom. The van der Waals surface area contributed by atoms with Gasteiger partial charge in [0.1, 0.15) is 5.84 Å². The highest BCUT2D eigenvalue weighted by Gasteiger charge is 2.48. The Morgan fingerprint density at radius 1 is 0.525 bits per heavy atom. The van der Waals surface area contributed by atoms with Crippen molar-refractivity contribution in [2.24, 2.45) is 4.99 Å². The molecular weight excluding hydrogens is 484 g/mol. The fourth-order valence-corrected chi connectivity index (χ4v) is 6.65. The predicted octanol–water partition coefficient (Wildman–Crippen LogP) is 10.3. The fourth-order valence-electron chi connectivity index (χ4n) is 6.65. The number of aliphatic imine (C=N–C) groups is 1. The fraction of sp³-hybridized carbons (Fsp3) is 0.184. The number of benzene rings is 6. The lowest BCUT2D eigenvalue weighted by atomic mass is 9.82. The lowest BCUT2D eigenvalue weighted by Gasteiger charge is -2.41. The molecule has 0 aromatic heterocycles. The SMILES string of the molecule is CC1=NC(C)(C)C(C)(C)N1c1ccc(-c2c3ccccc3c(-c3ccc4ccccc4c3)c3ccccc23)cc1. The molecule has 196 valence electrons. The third-order valence-corrected chi connectivity index (χ3v) is 9.20. The molecule has 0 saturated carbocycles. The van der Waals surface area contributed by atoms with Crippen molar-refractivity contribution in [3.63, 3.8) is 0 Å². The largest absolute Gasteiger partial charge is 0.322 e. The predicted molar refractivity (Wildman–Crippen MR) is 174 cm³/mol. The second-order valence-corrected chi connectivity index (χ2v) is 12.1. The van der Waals surface area contributed by atoms with Crippen LogP contribution in [0.1, 0.15) is 34.6 Å². The van der Waals surface area contributed by atoms with Crippen molar-refractivity contribution in [1.82, 2.24) is 0 Å². The first-order chi connectivity index (χ1) is 19.3. The second kappa shape index (κ2) is 8.79. The van der Waals surface area contributed by atoms with Gasteiger partial charge in [0, 0.05) is 5.69 Å². The Hall–Kier alpha value is -4.43. The number of hydrogen-bond donors (Lipinski definition) is 0. The third-order valence-electron chi connectivity index (χ3n) is 9.20. The van der Waals surface area contributed by atoms with Crippen LogP contribution < -0.4 is 4.90 Å². The minimum atomic E-state index is -0.152. The third kappa shape index (κ3) is 3.59. The Kier molecular flexibility index (Phi) is 5.41. The van der Waals surface area contributed by atoms with E-state index in [-0.39, 0.29) is 11.1 Å². The van der Waals surface area contributed by atoms with Gasteiger partial charge in [-0.15, -0.1) is 0 Å². The quantitative estimate of drug-likeness (QED) is 0.213. The van der Waals surface area contributed by atoms with Crippen LogP contribution in [0, 0.1) is 0 Å². The highest BCUT2D eigenvalue weighted by atomic mass is 15.3. The molecule has 1 aliphatic rings. The van der Waals surface area contributed by atoms with E-state index in [0.29, 0.717) is 0 Å². The summed E-state index contributed by atoms with van der Waals surface area (Å²) in [7, 11) is 0. The molecule has 2 nitrogen and oxygen atoms in total. The average molecular weight is 519 g/mol. The van der Waals surface area contributed by atoms with Gasteiger partial charge in [0.05, 0.1) is 11.1 Å². The van der Waals surface area contributed by atoms with Gasteiger partial charge >= 0.3 is 0 Å². The zero-order valence-corrected chi connectivity index (χ0v) is 23.9. The zero-order chi connectivity index (χ0) is 27.6. The van der Waals surface area contributed by atoms with Crippen molar-refractivity contribution < 1.29 is 0 Å². The molecule has 0 saturated heterocycles. The van der Waals surface area contributed by atoms with Crippen LogP contribution in [0.25, 0.3) is 54.6 Å². The number of fused-ring (bicyclic) bond motifs is 3. The van der Waals surface area contributed by atoms with Crippen LogP contribution >= 0.6 is 0 Å². The summed E-state index contributed by atoms with van der Waals surface area (Å²) in [6.45, 7) is 11.1. The van der Waals surface area contributed by atoms with Gasteiger partial charge in [-0.2, -0.15) is 0 Å². The van der Waals surface area contributed by atoms with E-state index in [9.17, 15) is 0 Å². The van der Waals surface area contributed by atoms with E-state index in [0.717, 1.165) is 5.84 Å². The van der Waals surface area contributed by atoms with Crippen LogP contribution in [-0.2, 0) is 0 Å². The molecule has 0 unspecified atom stereocenters. The van der Waals surface area contributed by atoms with Gasteiger partial charge in [-0.25, -0.2) is 0 Å². The first-order valence-electron chi connectivity index (χ1n) is 14.2. The van der Waals surface area contributed by atoms with Gasteiger partial charge in [-0.3, -0.25) is 4.99 Å². The number of amidine groups is 1. The Balaban J connectivity index is 1.44. The molecule has 0 radical (unpaired) electrons. The molecule has 0 spiro atoms. The molecule has 0 bridgehead atoms. The number of anilines is 1. The molecule has 0 N–H and O–H groups in total. The monoisotopic (exact) mass is 518 g/mol. The standard InChI is InChI=1S/C38H34N2/c1-25-39-37(2,3)38(4,5)40(25)30-22-20-27(21-23-30)35-31-14-8-10-16-33(31)36(34-17-11-9-15-32(34)35)29-19-18-26-12-6-7-13-28(26)24-29/h6-24H,1-5H3. The van der Waals surface area contributed by atoms with Gasteiger partial charge in [-0.1, -0.05) is 97.1 Å². The van der Waals surface area contributed by atoms with Crippen molar-refractivity contribution in [1.29, 1.82) is 0 Å². The van der Waals surface area contributed by atoms with E-state index in [2.05, 4.69) is 155 Å². The van der Waals surface area contributed by atoms with E-state index < -0.39 is 0 Å². The minimum Gasteiger partial charge on any atom is -0.322 e. The summed E-state index contributed by atoms with van der Waals surface area (Å²) in [5.74, 6) is 1.07. The molecule has 2 heteroatoms. The molecule has 6 aromatic carbocycles. The molecule has 0 atom stereocenters. The van der Waals surface area contributed by atoms with Gasteiger partial charge < -0.3 is 4.90 Å². The molecule has 1 aliphatic heterocycles. The Morgan fingerprint density at radius 3 is 1.52 bits per heavy atom. The smallest absolute Gasteiger partial charge is 0.102 e. The summed E-state index contributed by atoms with van der Waals surface area (Å²) in [5, 5.41) is 7.64. The first-order valence-corrected chi connectivity index (χ1v) is 14.2. The lowest BCUT2D eigenvalue weighted by molar-refractivity contribution is 0.338. The minimum absolute atomic E-state index is 0.112. The van der Waals surface area contributed by atoms with Crippen LogP contribution in [0.15, 0.2) is 120 Å². The molecule has 0 fully saturated rings. The Bertz CT molecular complexity index is 1900. The summed E-state index contributed by atoms with van der Waals surface area (Å²) < 4.78 is 0. The van der Waals surface area contributed by atoms with E-state index >= 15 is 0 Å². The number of nitrogens with zero attached hydrogens (tertiary/aromatic N) is 2. The molecule has 1 heterocycles. The summed E-state index contributed by atoms with van der Waals surface area (Å²) in [6.07, 6.45) is 0. The number of hydrogen-bond acceptors (Lipinski definition) is 2. The summed E-state index contributed by atoms with van der Waals surface area (Å²) in [5.41, 5.74) is 5.98. The number of rotatable bonds is 3. The molecule has 0 amide bonds. The van der Waals surface area contributed by atoms with Gasteiger partial charge in [0.25, 0.3) is 0 Å². The molecule has 6 aromatic rings. The van der Waals surface area contributed by atoms with Gasteiger partial charge in [0.2, 0.25) is 0 Å². The lowest BCUT2D eigenvalue weighted by Crippen LogP contribution is -2.52. The molecule has 40 heavy (non-hydrogen) atoms. The van der Waals surface area contributed by atoms with Crippen molar-refractivity contribution >= 4 is 43.8 Å². The molecule has 7 rings (SSSR count). The summed E-state index contributed by atoms with van der Waals surface area (Å²) in [6, 6.07) is 42.3. The maximum absolute atomic E-state index is 4.99. The van der Waals surface area contributed by atoms with Crippen LogP contribution in [0.4, 0.5) is 5.69 Å².